The minimum absolute atomic E-state index is 0.169. The third-order valence-corrected chi connectivity index (χ3v) is 4.56. The van der Waals surface area contributed by atoms with Crippen molar-refractivity contribution in [1.82, 2.24) is 0 Å². The van der Waals surface area contributed by atoms with Gasteiger partial charge in [-0.2, -0.15) is 0 Å². The molecule has 4 heteroatoms. The molecule has 2 nitrogen and oxygen atoms in total. The van der Waals surface area contributed by atoms with Gasteiger partial charge >= 0.3 is 0 Å². The van der Waals surface area contributed by atoms with E-state index >= 15 is 0 Å². The molecule has 0 aliphatic carbocycles. The lowest BCUT2D eigenvalue weighted by Gasteiger charge is -2.24. The van der Waals surface area contributed by atoms with E-state index in [4.69, 9.17) is 5.73 Å². The number of hydrogen-bond donors (Lipinski definition) is 2. The van der Waals surface area contributed by atoms with Crippen LogP contribution in [0.15, 0.2) is 46.9 Å². The average molecular weight is 338 g/mol. The van der Waals surface area contributed by atoms with Crippen LogP contribution in [0.2, 0.25) is 0 Å². The van der Waals surface area contributed by atoms with Gasteiger partial charge in [-0.3, -0.25) is 0 Å². The molecule has 0 amide bonds. The topological polar surface area (TPSA) is 46.2 Å². The molecule has 0 spiro atoms. The Morgan fingerprint density at radius 1 is 1.15 bits per heavy atom. The number of aryl methyl sites for hydroxylation is 1. The van der Waals surface area contributed by atoms with E-state index in [-0.39, 0.29) is 12.4 Å². The fourth-order valence-electron chi connectivity index (χ4n) is 2.32. The van der Waals surface area contributed by atoms with Gasteiger partial charge < -0.3 is 10.8 Å². The summed E-state index contributed by atoms with van der Waals surface area (Å²) in [5, 5.41) is 10.6. The summed E-state index contributed by atoms with van der Waals surface area (Å²) < 4.78 is 14.7. The Bertz CT molecular complexity index is 603. The van der Waals surface area contributed by atoms with Gasteiger partial charge in [-0.25, -0.2) is 4.39 Å². The third-order valence-electron chi connectivity index (χ3n) is 3.48. The van der Waals surface area contributed by atoms with Gasteiger partial charge in [-0.15, -0.1) is 0 Å². The Balaban J connectivity index is 2.42. The van der Waals surface area contributed by atoms with Crippen molar-refractivity contribution in [3.05, 3.63) is 69.4 Å². The Morgan fingerprint density at radius 3 is 2.45 bits per heavy atom. The van der Waals surface area contributed by atoms with Gasteiger partial charge in [0.2, 0.25) is 0 Å². The Morgan fingerprint density at radius 2 is 1.80 bits per heavy atom. The van der Waals surface area contributed by atoms with Crippen LogP contribution in [0, 0.1) is 12.7 Å². The number of nitrogens with two attached hydrogens (primary N) is 1. The molecule has 106 valence electrons. The first kappa shape index (κ1) is 15.2. The Kier molecular flexibility index (Phi) is 4.91. The van der Waals surface area contributed by atoms with Crippen molar-refractivity contribution in [2.24, 2.45) is 5.73 Å². The van der Waals surface area contributed by atoms with Crippen LogP contribution in [0.1, 0.15) is 28.7 Å². The predicted molar refractivity (Wildman–Crippen MR) is 82.0 cm³/mol. The fraction of sp³-hybridized carbons (Fsp3) is 0.250. The van der Waals surface area contributed by atoms with Crippen molar-refractivity contribution >= 4 is 15.9 Å². The van der Waals surface area contributed by atoms with E-state index in [1.165, 1.54) is 6.07 Å². The minimum atomic E-state index is -0.855. The van der Waals surface area contributed by atoms with Crippen LogP contribution in [0.25, 0.3) is 0 Å². The van der Waals surface area contributed by atoms with Gasteiger partial charge in [0, 0.05) is 16.9 Å². The molecular formula is C16H17BrFNO. The van der Waals surface area contributed by atoms with Crippen LogP contribution in [0.4, 0.5) is 4.39 Å². The molecule has 0 aliphatic rings. The van der Waals surface area contributed by atoms with Crippen molar-refractivity contribution < 1.29 is 9.50 Å². The van der Waals surface area contributed by atoms with Gasteiger partial charge in [0.25, 0.3) is 0 Å². The summed E-state index contributed by atoms with van der Waals surface area (Å²) in [4.78, 5) is 0. The highest BCUT2D eigenvalue weighted by Crippen LogP contribution is 2.36. The maximum absolute atomic E-state index is 13.9. The van der Waals surface area contributed by atoms with Crippen molar-refractivity contribution in [1.29, 1.82) is 0 Å². The average Bonchev–Trinajstić information content (AvgIpc) is 2.44. The summed E-state index contributed by atoms with van der Waals surface area (Å²) in [6.07, 6.45) is -0.855. The van der Waals surface area contributed by atoms with Crippen LogP contribution in [0.5, 0.6) is 0 Å². The summed E-state index contributed by atoms with van der Waals surface area (Å²) in [6, 6.07) is 12.1. The Labute approximate surface area is 126 Å². The maximum Gasteiger partial charge on any atom is 0.126 e. The molecule has 2 aromatic carbocycles. The van der Waals surface area contributed by atoms with Crippen LogP contribution >= 0.6 is 15.9 Å². The zero-order valence-corrected chi connectivity index (χ0v) is 12.8. The molecule has 0 aliphatic heterocycles. The molecule has 2 rings (SSSR count). The maximum atomic E-state index is 13.9. The monoisotopic (exact) mass is 337 g/mol. The molecule has 0 aromatic heterocycles. The normalized spacial score (nSPS) is 14.1. The highest BCUT2D eigenvalue weighted by Gasteiger charge is 2.25. The molecule has 0 fully saturated rings. The molecule has 0 saturated carbocycles. The zero-order chi connectivity index (χ0) is 14.7. The first-order valence-corrected chi connectivity index (χ1v) is 7.23. The van der Waals surface area contributed by atoms with Crippen LogP contribution in [-0.2, 0) is 0 Å². The highest BCUT2D eigenvalue weighted by atomic mass is 79.9. The quantitative estimate of drug-likeness (QED) is 0.893. The summed E-state index contributed by atoms with van der Waals surface area (Å²) in [7, 11) is 0. The summed E-state index contributed by atoms with van der Waals surface area (Å²) >= 11 is 3.47. The summed E-state index contributed by atoms with van der Waals surface area (Å²) in [6.45, 7) is 2.11. The van der Waals surface area contributed by atoms with E-state index in [9.17, 15) is 9.50 Å². The van der Waals surface area contributed by atoms with Crippen LogP contribution in [-0.4, -0.2) is 11.7 Å². The standard InChI is InChI=1S/C16H17BrFNO/c1-10-5-4-7-12(15(10)17)16(20)13(9-19)11-6-2-3-8-14(11)18/h2-8,13,16,20H,9,19H2,1H3. The third kappa shape index (κ3) is 2.92. The number of hydrogen-bond acceptors (Lipinski definition) is 2. The van der Waals surface area contributed by atoms with Crippen LogP contribution < -0.4 is 5.73 Å². The smallest absolute Gasteiger partial charge is 0.126 e. The van der Waals surface area contributed by atoms with E-state index in [2.05, 4.69) is 15.9 Å². The molecule has 3 N–H and O–H groups in total. The summed E-state index contributed by atoms with van der Waals surface area (Å²) in [5.41, 5.74) is 7.94. The molecule has 2 unspecified atom stereocenters. The fourth-order valence-corrected chi connectivity index (χ4v) is 2.82. The molecular weight excluding hydrogens is 321 g/mol. The molecule has 2 aromatic rings. The van der Waals surface area contributed by atoms with Crippen molar-refractivity contribution in [3.8, 4) is 0 Å². The van der Waals surface area contributed by atoms with Crippen LogP contribution in [0.3, 0.4) is 0 Å². The number of aliphatic hydroxyl groups is 1. The predicted octanol–water partition coefficient (Wildman–Crippen LogP) is 3.67. The molecule has 2 atom stereocenters. The summed E-state index contributed by atoms with van der Waals surface area (Å²) in [5.74, 6) is -0.819. The number of benzene rings is 2. The van der Waals surface area contributed by atoms with Crippen molar-refractivity contribution in [2.75, 3.05) is 6.54 Å². The number of rotatable bonds is 4. The van der Waals surface area contributed by atoms with E-state index in [1.54, 1.807) is 18.2 Å². The molecule has 0 radical (unpaired) electrons. The second-order valence-electron chi connectivity index (χ2n) is 4.79. The second kappa shape index (κ2) is 6.48. The first-order valence-electron chi connectivity index (χ1n) is 6.43. The van der Waals surface area contributed by atoms with Gasteiger partial charge in [0.15, 0.2) is 0 Å². The number of aliphatic hydroxyl groups excluding tert-OH is 1. The minimum Gasteiger partial charge on any atom is -0.388 e. The largest absolute Gasteiger partial charge is 0.388 e. The van der Waals surface area contributed by atoms with E-state index in [0.717, 1.165) is 15.6 Å². The van der Waals surface area contributed by atoms with Crippen molar-refractivity contribution in [2.45, 2.75) is 18.9 Å². The second-order valence-corrected chi connectivity index (χ2v) is 5.58. The number of halogens is 2. The lowest BCUT2D eigenvalue weighted by Crippen LogP contribution is -2.21. The molecule has 0 heterocycles. The molecule has 20 heavy (non-hydrogen) atoms. The van der Waals surface area contributed by atoms with E-state index in [1.807, 2.05) is 25.1 Å². The zero-order valence-electron chi connectivity index (χ0n) is 11.2. The van der Waals surface area contributed by atoms with E-state index < -0.39 is 12.0 Å². The van der Waals surface area contributed by atoms with Crippen molar-refractivity contribution in [3.63, 3.8) is 0 Å². The van der Waals surface area contributed by atoms with Gasteiger partial charge in [-0.1, -0.05) is 52.3 Å². The molecule has 0 saturated heterocycles. The Hall–Kier alpha value is -1.23. The lowest BCUT2D eigenvalue weighted by molar-refractivity contribution is 0.145. The highest BCUT2D eigenvalue weighted by molar-refractivity contribution is 9.10. The molecule has 0 bridgehead atoms. The van der Waals surface area contributed by atoms with Gasteiger partial charge in [0.05, 0.1) is 6.10 Å². The lowest BCUT2D eigenvalue weighted by atomic mass is 9.88. The van der Waals surface area contributed by atoms with Gasteiger partial charge in [-0.05, 0) is 29.7 Å². The first-order chi connectivity index (χ1) is 9.56. The van der Waals surface area contributed by atoms with Gasteiger partial charge in [0.1, 0.15) is 5.82 Å². The van der Waals surface area contributed by atoms with E-state index in [0.29, 0.717) is 5.56 Å². The SMILES string of the molecule is Cc1cccc(C(O)C(CN)c2ccccc2F)c1Br.